The summed E-state index contributed by atoms with van der Waals surface area (Å²) in [5, 5.41) is 3.16. The molecule has 5 rings (SSSR count). The van der Waals surface area contributed by atoms with Crippen molar-refractivity contribution in [3.05, 3.63) is 23.9 Å². The average molecular weight is 555 g/mol. The minimum atomic E-state index is -0.432. The number of ether oxygens (including phenoxy) is 1. The van der Waals surface area contributed by atoms with Gasteiger partial charge in [0.25, 0.3) is 0 Å². The lowest BCUT2D eigenvalue weighted by molar-refractivity contribution is -0.232. The van der Waals surface area contributed by atoms with Crippen LogP contribution in [0.3, 0.4) is 0 Å². The van der Waals surface area contributed by atoms with Crippen LogP contribution in [-0.2, 0) is 14.3 Å². The summed E-state index contributed by atoms with van der Waals surface area (Å²) in [7, 11) is 1.57. The number of nitrogens with one attached hydrogen (secondary N) is 1. The second kappa shape index (κ2) is 9.16. The molecule has 5 aliphatic carbocycles. The molecule has 0 saturated heterocycles. The summed E-state index contributed by atoms with van der Waals surface area (Å²) in [6.45, 7) is 18.5. The van der Waals surface area contributed by atoms with Crippen molar-refractivity contribution >= 4 is 29.1 Å². The van der Waals surface area contributed by atoms with E-state index < -0.39 is 5.41 Å². The summed E-state index contributed by atoms with van der Waals surface area (Å²) < 4.78 is 5.51. The number of rotatable bonds is 3. The Morgan fingerprint density at radius 1 is 1.03 bits per heavy atom. The minimum Gasteiger partial charge on any atom is -0.469 e. The molecule has 5 nitrogen and oxygen atoms in total. The number of esters is 1. The Labute approximate surface area is 241 Å². The van der Waals surface area contributed by atoms with Crippen molar-refractivity contribution in [1.29, 1.82) is 0 Å². The van der Waals surface area contributed by atoms with Gasteiger partial charge in [-0.2, -0.15) is 0 Å². The Hall–Kier alpha value is -1.69. The van der Waals surface area contributed by atoms with E-state index in [2.05, 4.69) is 53.4 Å². The van der Waals surface area contributed by atoms with Crippen LogP contribution < -0.4 is 11.1 Å². The van der Waals surface area contributed by atoms with Crippen LogP contribution in [0, 0.1) is 56.7 Å². The smallest absolute Gasteiger partial charge is 0.312 e. The Morgan fingerprint density at radius 2 is 1.72 bits per heavy atom. The monoisotopic (exact) mass is 554 g/mol. The first-order valence-corrected chi connectivity index (χ1v) is 15.5. The highest BCUT2D eigenvalue weighted by molar-refractivity contribution is 7.80. The molecular formula is C33H50N2O3S. The van der Waals surface area contributed by atoms with Crippen LogP contribution in [0.25, 0.3) is 0 Å². The highest BCUT2D eigenvalue weighted by Crippen LogP contribution is 2.77. The van der Waals surface area contributed by atoms with Gasteiger partial charge in [0.2, 0.25) is 0 Å². The fourth-order valence-electron chi connectivity index (χ4n) is 11.8. The first kappa shape index (κ1) is 28.8. The maximum atomic E-state index is 13.7. The largest absolute Gasteiger partial charge is 0.469 e. The molecule has 0 radical (unpaired) electrons. The summed E-state index contributed by atoms with van der Waals surface area (Å²) >= 11 is 5.06. The Morgan fingerprint density at radius 3 is 2.33 bits per heavy atom. The number of thiocarbonyl (C=S) groups is 1. The summed E-state index contributed by atoms with van der Waals surface area (Å²) in [5.74, 6) is 2.24. The highest BCUT2D eigenvalue weighted by atomic mass is 32.1. The summed E-state index contributed by atoms with van der Waals surface area (Å²) in [5.41, 5.74) is 7.26. The van der Waals surface area contributed by atoms with Gasteiger partial charge in [-0.3, -0.25) is 9.59 Å². The molecule has 5 fully saturated rings. The van der Waals surface area contributed by atoms with Crippen molar-refractivity contribution < 1.29 is 14.3 Å². The standard InChI is InChI=1S/C33H50N2O3S/c1-19(2)21-11-14-33(27(37)38-8)16-15-31(6)22(25(21)33)9-10-24-30(5)17-20(18-35-28(34)39)26(36)29(3,4)23(30)12-13-32(24,31)7/h18,21-25H,1,9-17H2,2-8H3,(H3,34,35,39). The predicted octanol–water partition coefficient (Wildman–Crippen LogP) is 6.71. The van der Waals surface area contributed by atoms with Gasteiger partial charge in [-0.15, -0.1) is 0 Å². The fourth-order valence-corrected chi connectivity index (χ4v) is 11.9. The lowest BCUT2D eigenvalue weighted by atomic mass is 9.32. The van der Waals surface area contributed by atoms with E-state index in [0.717, 1.165) is 63.4 Å². The minimum absolute atomic E-state index is 0.00242. The zero-order chi connectivity index (χ0) is 28.8. The first-order valence-electron chi connectivity index (χ1n) is 15.1. The normalized spacial score (nSPS) is 47.3. The van der Waals surface area contributed by atoms with E-state index >= 15 is 0 Å². The van der Waals surface area contributed by atoms with E-state index in [-0.39, 0.29) is 38.5 Å². The quantitative estimate of drug-likeness (QED) is 0.175. The number of hydrogen-bond acceptors (Lipinski definition) is 4. The number of ketones is 1. The van der Waals surface area contributed by atoms with Crippen LogP contribution in [-0.4, -0.2) is 24.0 Å². The van der Waals surface area contributed by atoms with Crippen LogP contribution in [0.5, 0.6) is 0 Å². The topological polar surface area (TPSA) is 81.4 Å². The number of methoxy groups -OCH3 is 1. The fraction of sp³-hybridized carbons (Fsp3) is 0.788. The molecule has 3 N–H and O–H groups in total. The van der Waals surface area contributed by atoms with Gasteiger partial charge in [0, 0.05) is 17.2 Å². The third-order valence-electron chi connectivity index (χ3n) is 13.6. The lowest BCUT2D eigenvalue weighted by Crippen LogP contribution is -2.67. The maximum absolute atomic E-state index is 13.7. The predicted molar refractivity (Wildman–Crippen MR) is 159 cm³/mol. The van der Waals surface area contributed by atoms with Gasteiger partial charge in [0.1, 0.15) is 0 Å². The van der Waals surface area contributed by atoms with Crippen molar-refractivity contribution in [2.24, 2.45) is 62.4 Å². The maximum Gasteiger partial charge on any atom is 0.312 e. The van der Waals surface area contributed by atoms with Gasteiger partial charge < -0.3 is 15.8 Å². The van der Waals surface area contributed by atoms with Gasteiger partial charge in [0.05, 0.1) is 12.5 Å². The molecular weight excluding hydrogens is 504 g/mol. The Bertz CT molecular complexity index is 1140. The van der Waals surface area contributed by atoms with Crippen molar-refractivity contribution in [2.75, 3.05) is 7.11 Å². The van der Waals surface area contributed by atoms with E-state index in [1.807, 2.05) is 0 Å². The molecule has 0 aromatic heterocycles. The van der Waals surface area contributed by atoms with Gasteiger partial charge in [0.15, 0.2) is 10.9 Å². The molecule has 6 heteroatoms. The molecule has 0 heterocycles. The number of carbonyl (C=O) groups is 2. The summed E-state index contributed by atoms with van der Waals surface area (Å²) in [6, 6.07) is 0. The Balaban J connectivity index is 1.57. The van der Waals surface area contributed by atoms with Crippen LogP contribution in [0.1, 0.15) is 99.3 Å². The van der Waals surface area contributed by atoms with Gasteiger partial charge >= 0.3 is 5.97 Å². The van der Waals surface area contributed by atoms with Crippen molar-refractivity contribution in [3.8, 4) is 0 Å². The molecule has 9 unspecified atom stereocenters. The number of fused-ring (bicyclic) bond motifs is 7. The molecule has 0 aromatic rings. The molecule has 9 atom stereocenters. The molecule has 5 saturated carbocycles. The number of nitrogens with two attached hydrogens (primary N) is 1. The van der Waals surface area contributed by atoms with Gasteiger partial charge in [-0.05, 0) is 123 Å². The van der Waals surface area contributed by atoms with Crippen LogP contribution in [0.4, 0.5) is 0 Å². The van der Waals surface area contributed by atoms with Crippen molar-refractivity contribution in [2.45, 2.75) is 99.3 Å². The second-order valence-electron chi connectivity index (χ2n) is 15.2. The molecule has 0 aliphatic heterocycles. The lowest BCUT2D eigenvalue weighted by Gasteiger charge is -2.72. The summed E-state index contributed by atoms with van der Waals surface area (Å²) in [4.78, 5) is 27.1. The molecule has 0 aromatic carbocycles. The molecule has 39 heavy (non-hydrogen) atoms. The second-order valence-corrected chi connectivity index (χ2v) is 15.7. The third kappa shape index (κ3) is 3.71. The van der Waals surface area contributed by atoms with Crippen LogP contribution >= 0.6 is 12.2 Å². The van der Waals surface area contributed by atoms with Gasteiger partial charge in [-0.1, -0.05) is 46.8 Å². The molecule has 216 valence electrons. The average Bonchev–Trinajstić information content (AvgIpc) is 3.26. The van der Waals surface area contributed by atoms with E-state index in [9.17, 15) is 9.59 Å². The number of Topliss-reactive ketones (excluding diaryl/α,β-unsaturated/α-hetero) is 1. The van der Waals surface area contributed by atoms with Crippen LogP contribution in [0.15, 0.2) is 23.9 Å². The Kier molecular flexibility index (Phi) is 6.77. The molecule has 5 aliphatic rings. The van der Waals surface area contributed by atoms with Crippen molar-refractivity contribution in [1.82, 2.24) is 5.32 Å². The van der Waals surface area contributed by atoms with Gasteiger partial charge in [-0.25, -0.2) is 0 Å². The number of carbonyl (C=O) groups excluding carboxylic acids is 2. The van der Waals surface area contributed by atoms with E-state index in [4.69, 9.17) is 22.7 Å². The number of hydrogen-bond donors (Lipinski definition) is 2. The van der Waals surface area contributed by atoms with E-state index in [1.54, 1.807) is 13.3 Å². The zero-order valence-electron chi connectivity index (χ0n) is 25.2. The highest BCUT2D eigenvalue weighted by Gasteiger charge is 2.72. The summed E-state index contributed by atoms with van der Waals surface area (Å²) in [6.07, 6.45) is 11.0. The third-order valence-corrected chi connectivity index (χ3v) is 13.8. The first-order chi connectivity index (χ1) is 18.1. The van der Waals surface area contributed by atoms with E-state index in [1.165, 1.54) is 5.57 Å². The van der Waals surface area contributed by atoms with Crippen LogP contribution in [0.2, 0.25) is 0 Å². The molecule has 0 amide bonds. The number of allylic oxidation sites excluding steroid dienone is 2. The van der Waals surface area contributed by atoms with Crippen molar-refractivity contribution in [3.63, 3.8) is 0 Å². The molecule has 0 spiro atoms. The van der Waals surface area contributed by atoms with E-state index in [0.29, 0.717) is 29.6 Å². The SMILES string of the molecule is C=C(C)C1CCC2(C(=O)OC)CCC3(C)C(CCC4C5(C)CC(=CNC(N)=S)C(=O)C(C)(C)C5CCC43C)C12. The zero-order valence-corrected chi connectivity index (χ0v) is 26.1. The molecule has 0 bridgehead atoms.